The molecule has 1 heterocycles. The quantitative estimate of drug-likeness (QED) is 0.225. The molecule has 0 atom stereocenters. The molecule has 0 aliphatic rings. The van der Waals surface area contributed by atoms with Crippen LogP contribution in [0.25, 0.3) is 0 Å². The maximum Gasteiger partial charge on any atom is 0.172 e. The summed E-state index contributed by atoms with van der Waals surface area (Å²) in [5, 5.41) is 0.669. The monoisotopic (exact) mass is 577 g/mol. The molecule has 1 aromatic heterocycles. The first-order valence-electron chi connectivity index (χ1n) is 10.5. The number of benzene rings is 3. The summed E-state index contributed by atoms with van der Waals surface area (Å²) in [6, 6.07) is 24.2. The number of ether oxygens (including phenoxy) is 1. The molecule has 0 saturated carbocycles. The van der Waals surface area contributed by atoms with Gasteiger partial charge in [0.05, 0.1) is 0 Å². The Morgan fingerprint density at radius 3 is 1.70 bits per heavy atom. The van der Waals surface area contributed by atoms with Crippen LogP contribution < -0.4 is 33.3 Å². The normalized spacial score (nSPS) is 10.7. The Morgan fingerprint density at radius 2 is 1.18 bits per heavy atom. The first kappa shape index (κ1) is 25.1. The molecule has 0 aliphatic heterocycles. The SMILES string of the molecule is Fc1ccc(C(CCC[n+]2ccc(Oc3ccc(Cl)cc3)cc2)c2ccc(F)cc2)cc1.[I-]. The van der Waals surface area contributed by atoms with E-state index in [1.54, 1.807) is 36.4 Å². The zero-order valence-corrected chi connectivity index (χ0v) is 20.7. The molecular formula is C27H23ClF2INO. The van der Waals surface area contributed by atoms with Crippen LogP contribution in [0.2, 0.25) is 5.02 Å². The van der Waals surface area contributed by atoms with Crippen molar-refractivity contribution in [2.75, 3.05) is 0 Å². The molecule has 0 aliphatic carbocycles. The Bertz CT molecular complexity index is 1090. The lowest BCUT2D eigenvalue weighted by atomic mass is 9.87. The average molecular weight is 578 g/mol. The van der Waals surface area contributed by atoms with Crippen molar-refractivity contribution in [2.24, 2.45) is 0 Å². The Kier molecular flexibility index (Phi) is 9.21. The lowest BCUT2D eigenvalue weighted by molar-refractivity contribution is -0.697. The van der Waals surface area contributed by atoms with Crippen molar-refractivity contribution in [1.29, 1.82) is 0 Å². The van der Waals surface area contributed by atoms with Gasteiger partial charge in [-0.25, -0.2) is 13.3 Å². The van der Waals surface area contributed by atoms with Gasteiger partial charge in [0.1, 0.15) is 29.7 Å². The van der Waals surface area contributed by atoms with E-state index in [-0.39, 0.29) is 41.5 Å². The van der Waals surface area contributed by atoms with Crippen molar-refractivity contribution in [2.45, 2.75) is 25.3 Å². The number of nitrogens with zero attached hydrogens (tertiary/aromatic N) is 1. The highest BCUT2D eigenvalue weighted by molar-refractivity contribution is 6.30. The van der Waals surface area contributed by atoms with Crippen molar-refractivity contribution in [3.05, 3.63) is 125 Å². The molecule has 0 spiro atoms. The van der Waals surface area contributed by atoms with Gasteiger partial charge in [-0.3, -0.25) is 0 Å². The molecular weight excluding hydrogens is 555 g/mol. The molecule has 6 heteroatoms. The van der Waals surface area contributed by atoms with Crippen LogP contribution in [0.5, 0.6) is 11.5 Å². The van der Waals surface area contributed by atoms with Gasteiger partial charge in [0.25, 0.3) is 0 Å². The first-order chi connectivity index (χ1) is 15.6. The minimum Gasteiger partial charge on any atom is -1.00 e. The van der Waals surface area contributed by atoms with Crippen molar-refractivity contribution < 1.29 is 42.1 Å². The zero-order chi connectivity index (χ0) is 22.3. The van der Waals surface area contributed by atoms with Crippen LogP contribution in [0.1, 0.15) is 29.9 Å². The van der Waals surface area contributed by atoms with Crippen molar-refractivity contribution in [1.82, 2.24) is 0 Å². The van der Waals surface area contributed by atoms with E-state index in [0.717, 1.165) is 42.0 Å². The van der Waals surface area contributed by atoms with E-state index in [2.05, 4.69) is 4.57 Å². The standard InChI is InChI=1S/C27H23ClF2NO.HI/c28-22-7-13-25(14-8-22)32-26-15-18-31(19-16-26)17-1-2-27(20-3-9-23(29)10-4-20)21-5-11-24(30)12-6-21;/h3-16,18-19,27H,1-2,17H2;1H/q+1;/p-1. The molecule has 0 fully saturated rings. The van der Waals surface area contributed by atoms with Crippen LogP contribution >= 0.6 is 11.6 Å². The number of aryl methyl sites for hydroxylation is 1. The lowest BCUT2D eigenvalue weighted by Crippen LogP contribution is -3.00. The number of aromatic nitrogens is 1. The van der Waals surface area contributed by atoms with Crippen LogP contribution in [-0.2, 0) is 6.54 Å². The second-order valence-corrected chi connectivity index (χ2v) is 8.06. The third kappa shape index (κ3) is 7.24. The fourth-order valence-electron chi connectivity index (χ4n) is 3.69. The second kappa shape index (κ2) is 12.1. The number of rotatable bonds is 8. The predicted octanol–water partition coefficient (Wildman–Crippen LogP) is 4.31. The van der Waals surface area contributed by atoms with Crippen LogP contribution in [0, 0.1) is 11.6 Å². The van der Waals surface area contributed by atoms with Gasteiger partial charge in [-0.05, 0) is 66.1 Å². The Balaban J connectivity index is 0.00000306. The minimum atomic E-state index is -0.261. The highest BCUT2D eigenvalue weighted by Gasteiger charge is 2.16. The van der Waals surface area contributed by atoms with Crippen molar-refractivity contribution >= 4 is 11.6 Å². The molecule has 0 radical (unpaired) electrons. The predicted molar refractivity (Wildman–Crippen MR) is 122 cm³/mol. The van der Waals surface area contributed by atoms with Gasteiger partial charge in [-0.15, -0.1) is 0 Å². The van der Waals surface area contributed by atoms with E-state index in [1.165, 1.54) is 24.3 Å². The molecule has 170 valence electrons. The molecule has 0 saturated heterocycles. The fraction of sp³-hybridized carbons (Fsp3) is 0.148. The average Bonchev–Trinajstić information content (AvgIpc) is 2.81. The fourth-order valence-corrected chi connectivity index (χ4v) is 3.82. The highest BCUT2D eigenvalue weighted by atomic mass is 127. The number of hydrogen-bond donors (Lipinski definition) is 0. The van der Waals surface area contributed by atoms with Crippen LogP contribution in [-0.4, -0.2) is 0 Å². The maximum absolute atomic E-state index is 13.4. The summed E-state index contributed by atoms with van der Waals surface area (Å²) >= 11 is 5.91. The van der Waals surface area contributed by atoms with Gasteiger partial charge in [-0.2, -0.15) is 0 Å². The van der Waals surface area contributed by atoms with Crippen LogP contribution in [0.3, 0.4) is 0 Å². The molecule has 2 nitrogen and oxygen atoms in total. The Labute approximate surface area is 214 Å². The Hall–Kier alpha value is -2.51. The van der Waals surface area contributed by atoms with Gasteiger partial charge < -0.3 is 28.7 Å². The van der Waals surface area contributed by atoms with Crippen molar-refractivity contribution in [3.63, 3.8) is 0 Å². The summed E-state index contributed by atoms with van der Waals surface area (Å²) in [7, 11) is 0. The van der Waals surface area contributed by atoms with Crippen molar-refractivity contribution in [3.8, 4) is 11.5 Å². The second-order valence-electron chi connectivity index (χ2n) is 7.63. The summed E-state index contributed by atoms with van der Waals surface area (Å²) in [6.45, 7) is 0.820. The lowest BCUT2D eigenvalue weighted by Gasteiger charge is -2.17. The summed E-state index contributed by atoms with van der Waals surface area (Å²) < 4.78 is 34.7. The summed E-state index contributed by atoms with van der Waals surface area (Å²) in [6.07, 6.45) is 5.72. The van der Waals surface area contributed by atoms with E-state index in [9.17, 15) is 8.78 Å². The number of halogens is 4. The molecule has 0 N–H and O–H groups in total. The van der Waals surface area contributed by atoms with Gasteiger partial charge in [0.15, 0.2) is 12.4 Å². The topological polar surface area (TPSA) is 13.1 Å². The van der Waals surface area contributed by atoms with Gasteiger partial charge in [-0.1, -0.05) is 35.9 Å². The summed E-state index contributed by atoms with van der Waals surface area (Å²) in [5.41, 5.74) is 2.05. The molecule has 0 bridgehead atoms. The smallest absolute Gasteiger partial charge is 0.172 e. The van der Waals surface area contributed by atoms with E-state index in [4.69, 9.17) is 16.3 Å². The van der Waals surface area contributed by atoms with Crippen LogP contribution in [0.15, 0.2) is 97.3 Å². The highest BCUT2D eigenvalue weighted by Crippen LogP contribution is 2.30. The molecule has 0 unspecified atom stereocenters. The van der Waals surface area contributed by atoms with E-state index in [1.807, 2.05) is 36.7 Å². The Morgan fingerprint density at radius 1 is 0.697 bits per heavy atom. The summed E-state index contributed by atoms with van der Waals surface area (Å²) in [4.78, 5) is 0. The van der Waals surface area contributed by atoms with Gasteiger partial charge >= 0.3 is 0 Å². The number of hydrogen-bond acceptors (Lipinski definition) is 1. The third-order valence-corrected chi connectivity index (χ3v) is 5.62. The molecule has 4 aromatic rings. The van der Waals surface area contributed by atoms with E-state index in [0.29, 0.717) is 5.02 Å². The molecule has 0 amide bonds. The third-order valence-electron chi connectivity index (χ3n) is 5.36. The largest absolute Gasteiger partial charge is 1.00 e. The number of pyridine rings is 1. The van der Waals surface area contributed by atoms with Crippen LogP contribution in [0.4, 0.5) is 8.78 Å². The first-order valence-corrected chi connectivity index (χ1v) is 10.9. The molecule has 3 aromatic carbocycles. The maximum atomic E-state index is 13.4. The van der Waals surface area contributed by atoms with Gasteiger partial charge in [0.2, 0.25) is 0 Å². The summed E-state index contributed by atoms with van der Waals surface area (Å²) in [5.74, 6) is 1.03. The zero-order valence-electron chi connectivity index (χ0n) is 17.8. The molecule has 33 heavy (non-hydrogen) atoms. The van der Waals surface area contributed by atoms with E-state index < -0.39 is 0 Å². The molecule has 4 rings (SSSR count). The van der Waals surface area contributed by atoms with E-state index >= 15 is 0 Å². The van der Waals surface area contributed by atoms with Gasteiger partial charge in [0, 0.05) is 29.5 Å². The minimum absolute atomic E-state index is 0.